The molecule has 0 aliphatic rings. The molecule has 0 spiro atoms. The first-order chi connectivity index (χ1) is 12.4. The quantitative estimate of drug-likeness (QED) is 0.680. The number of aromatic nitrogens is 2. The minimum Gasteiger partial charge on any atom is -0.508 e. The molecular formula is C18H15ClN2O5. The molecule has 0 amide bonds. The van der Waals surface area contributed by atoms with Crippen molar-refractivity contribution in [3.05, 3.63) is 69.1 Å². The minimum atomic E-state index is -0.807. The summed E-state index contributed by atoms with van der Waals surface area (Å²) in [5, 5.41) is 20.2. The van der Waals surface area contributed by atoms with Crippen LogP contribution >= 0.6 is 11.6 Å². The summed E-state index contributed by atoms with van der Waals surface area (Å²) >= 11 is 5.95. The van der Waals surface area contributed by atoms with Crippen LogP contribution in [0, 0.1) is 0 Å². The van der Waals surface area contributed by atoms with Crippen LogP contribution in [0.4, 0.5) is 0 Å². The summed E-state index contributed by atoms with van der Waals surface area (Å²) in [7, 11) is 1.24. The number of esters is 1. The number of carbonyl (C=O) groups excluding carboxylic acids is 1. The first-order valence-corrected chi connectivity index (χ1v) is 8.05. The molecule has 26 heavy (non-hydrogen) atoms. The van der Waals surface area contributed by atoms with Crippen molar-refractivity contribution in [3.8, 4) is 11.6 Å². The van der Waals surface area contributed by atoms with Gasteiger partial charge in [-0.1, -0.05) is 23.7 Å². The molecule has 3 rings (SSSR count). The largest absolute Gasteiger partial charge is 0.508 e. The fraction of sp³-hybridized carbons (Fsp3) is 0.167. The first-order valence-electron chi connectivity index (χ1n) is 7.67. The third kappa shape index (κ3) is 3.34. The molecule has 0 aliphatic heterocycles. The van der Waals surface area contributed by atoms with E-state index >= 15 is 0 Å². The van der Waals surface area contributed by atoms with Gasteiger partial charge >= 0.3 is 5.97 Å². The zero-order valence-electron chi connectivity index (χ0n) is 13.7. The molecule has 0 saturated carbocycles. The van der Waals surface area contributed by atoms with E-state index in [0.29, 0.717) is 10.6 Å². The highest BCUT2D eigenvalue weighted by Gasteiger charge is 2.27. The molecule has 1 unspecified atom stereocenters. The predicted octanol–water partition coefficient (Wildman–Crippen LogP) is 2.45. The third-order valence-corrected chi connectivity index (χ3v) is 4.27. The first kappa shape index (κ1) is 17.8. The van der Waals surface area contributed by atoms with Gasteiger partial charge < -0.3 is 14.9 Å². The van der Waals surface area contributed by atoms with Crippen LogP contribution in [0.3, 0.4) is 0 Å². The molecular weight excluding hydrogens is 360 g/mol. The molecule has 0 saturated heterocycles. The van der Waals surface area contributed by atoms with Crippen LogP contribution < -0.4 is 5.56 Å². The van der Waals surface area contributed by atoms with Crippen molar-refractivity contribution in [3.63, 3.8) is 0 Å². The molecule has 0 aliphatic carbocycles. The number of fused-ring (bicyclic) bond motifs is 1. The number of pyridine rings is 1. The molecule has 0 radical (unpaired) electrons. The van der Waals surface area contributed by atoms with Crippen molar-refractivity contribution in [1.82, 2.24) is 9.38 Å². The van der Waals surface area contributed by atoms with Crippen LogP contribution in [0.15, 0.2) is 47.4 Å². The summed E-state index contributed by atoms with van der Waals surface area (Å²) in [6, 6.07) is 9.04. The Morgan fingerprint density at radius 1 is 1.23 bits per heavy atom. The SMILES string of the molecule is COC(=O)CC(c1ccc(O)cc1)c1c(O)nc2ccc(Cl)cn2c1=O. The number of aromatic hydroxyl groups is 2. The fourth-order valence-electron chi connectivity index (χ4n) is 2.76. The van der Waals surface area contributed by atoms with Crippen LogP contribution in [0.1, 0.15) is 23.5 Å². The highest BCUT2D eigenvalue weighted by atomic mass is 35.5. The number of benzene rings is 1. The van der Waals surface area contributed by atoms with Gasteiger partial charge in [0.25, 0.3) is 5.56 Å². The molecule has 3 aromatic rings. The van der Waals surface area contributed by atoms with Crippen molar-refractivity contribution in [2.75, 3.05) is 7.11 Å². The number of phenolic OH excluding ortho intramolecular Hbond substituents is 1. The molecule has 2 heterocycles. The number of halogens is 1. The number of nitrogens with zero attached hydrogens (tertiary/aromatic N) is 2. The molecule has 0 bridgehead atoms. The molecule has 1 aromatic carbocycles. The molecule has 1 atom stereocenters. The van der Waals surface area contributed by atoms with Crippen LogP contribution in [0.2, 0.25) is 5.02 Å². The lowest BCUT2D eigenvalue weighted by Gasteiger charge is -2.17. The maximum Gasteiger partial charge on any atom is 0.306 e. The van der Waals surface area contributed by atoms with E-state index in [1.807, 2.05) is 0 Å². The summed E-state index contributed by atoms with van der Waals surface area (Å²) in [4.78, 5) is 28.9. The second-order valence-electron chi connectivity index (χ2n) is 5.65. The van der Waals surface area contributed by atoms with Crippen molar-refractivity contribution < 1.29 is 19.7 Å². The average Bonchev–Trinajstić information content (AvgIpc) is 2.62. The summed E-state index contributed by atoms with van der Waals surface area (Å²) in [5.41, 5.74) is 0.172. The van der Waals surface area contributed by atoms with Crippen LogP contribution in [0.5, 0.6) is 11.6 Å². The molecule has 2 aromatic heterocycles. The van der Waals surface area contributed by atoms with Crippen LogP contribution in [-0.4, -0.2) is 32.7 Å². The Hall–Kier alpha value is -3.06. The molecule has 2 N–H and O–H groups in total. The van der Waals surface area contributed by atoms with Gasteiger partial charge in [-0.3, -0.25) is 14.0 Å². The Balaban J connectivity index is 2.24. The number of methoxy groups -OCH3 is 1. The predicted molar refractivity (Wildman–Crippen MR) is 94.7 cm³/mol. The van der Waals surface area contributed by atoms with Gasteiger partial charge in [0.2, 0.25) is 5.88 Å². The van der Waals surface area contributed by atoms with E-state index in [0.717, 1.165) is 0 Å². The van der Waals surface area contributed by atoms with Crippen LogP contribution in [0.25, 0.3) is 5.65 Å². The van der Waals surface area contributed by atoms with E-state index in [2.05, 4.69) is 4.98 Å². The van der Waals surface area contributed by atoms with Gasteiger partial charge in [-0.15, -0.1) is 0 Å². The highest BCUT2D eigenvalue weighted by Crippen LogP contribution is 2.32. The van der Waals surface area contributed by atoms with E-state index in [-0.39, 0.29) is 23.4 Å². The van der Waals surface area contributed by atoms with Crippen molar-refractivity contribution in [2.24, 2.45) is 0 Å². The van der Waals surface area contributed by atoms with Gasteiger partial charge in [0.1, 0.15) is 11.4 Å². The zero-order valence-corrected chi connectivity index (χ0v) is 14.5. The molecule has 134 valence electrons. The average molecular weight is 375 g/mol. The normalized spacial score (nSPS) is 12.1. The second kappa shape index (κ2) is 7.05. The van der Waals surface area contributed by atoms with Crippen molar-refractivity contribution in [2.45, 2.75) is 12.3 Å². The maximum atomic E-state index is 13.0. The van der Waals surface area contributed by atoms with Crippen LogP contribution in [-0.2, 0) is 9.53 Å². The number of carbonyl (C=O) groups is 1. The lowest BCUT2D eigenvalue weighted by atomic mass is 9.89. The lowest BCUT2D eigenvalue weighted by molar-refractivity contribution is -0.140. The van der Waals surface area contributed by atoms with E-state index in [1.165, 1.54) is 35.9 Å². The van der Waals surface area contributed by atoms with Gasteiger partial charge in [0, 0.05) is 12.1 Å². The lowest BCUT2D eigenvalue weighted by Crippen LogP contribution is -2.24. The topological polar surface area (TPSA) is 101 Å². The number of hydrogen-bond acceptors (Lipinski definition) is 6. The number of hydrogen-bond donors (Lipinski definition) is 2. The van der Waals surface area contributed by atoms with E-state index in [1.54, 1.807) is 18.2 Å². The van der Waals surface area contributed by atoms with Gasteiger partial charge in [-0.05, 0) is 29.8 Å². The summed E-state index contributed by atoms with van der Waals surface area (Å²) in [5.74, 6) is -1.80. The number of phenols is 1. The van der Waals surface area contributed by atoms with E-state index in [9.17, 15) is 19.8 Å². The van der Waals surface area contributed by atoms with Crippen molar-refractivity contribution >= 4 is 23.2 Å². The van der Waals surface area contributed by atoms with Crippen molar-refractivity contribution in [1.29, 1.82) is 0 Å². The van der Waals surface area contributed by atoms with Gasteiger partial charge in [-0.25, -0.2) is 0 Å². The smallest absolute Gasteiger partial charge is 0.306 e. The van der Waals surface area contributed by atoms with E-state index in [4.69, 9.17) is 16.3 Å². The Bertz CT molecular complexity index is 1030. The Morgan fingerprint density at radius 2 is 1.92 bits per heavy atom. The minimum absolute atomic E-state index is 0.0370. The highest BCUT2D eigenvalue weighted by molar-refractivity contribution is 6.30. The summed E-state index contributed by atoms with van der Waals surface area (Å²) in [6.45, 7) is 0. The summed E-state index contributed by atoms with van der Waals surface area (Å²) in [6.07, 6.45) is 1.21. The second-order valence-corrected chi connectivity index (χ2v) is 6.09. The molecule has 0 fully saturated rings. The Labute approximate surface area is 153 Å². The number of ether oxygens (including phenoxy) is 1. The zero-order chi connectivity index (χ0) is 18.8. The maximum absolute atomic E-state index is 13.0. The standard InChI is InChI=1S/C18H15ClN2O5/c1-26-15(23)8-13(10-2-5-12(22)6-3-10)16-17(24)20-14-7-4-11(19)9-21(14)18(16)25/h2-7,9,13,22,24H,8H2,1H3. The van der Waals surface area contributed by atoms with Gasteiger partial charge in [0.15, 0.2) is 0 Å². The van der Waals surface area contributed by atoms with Gasteiger partial charge in [-0.2, -0.15) is 4.98 Å². The van der Waals surface area contributed by atoms with E-state index < -0.39 is 23.3 Å². The Morgan fingerprint density at radius 3 is 2.58 bits per heavy atom. The fourth-order valence-corrected chi connectivity index (χ4v) is 2.92. The third-order valence-electron chi connectivity index (χ3n) is 4.04. The molecule has 8 heteroatoms. The number of rotatable bonds is 4. The molecule has 7 nitrogen and oxygen atoms in total. The monoisotopic (exact) mass is 374 g/mol. The Kier molecular flexibility index (Phi) is 4.81. The van der Waals surface area contributed by atoms with Gasteiger partial charge in [0.05, 0.1) is 24.1 Å². The summed E-state index contributed by atoms with van der Waals surface area (Å²) < 4.78 is 5.92.